The number of halogens is 3. The number of hydrogen-bond donors (Lipinski definition) is 0. The number of furan rings is 1. The highest BCUT2D eigenvalue weighted by atomic mass is 32.2. The minimum absolute atomic E-state index is 0.0869. The summed E-state index contributed by atoms with van der Waals surface area (Å²) in [6.07, 6.45) is -2.66. The molecular weight excluding hydrogens is 409 g/mol. The molecule has 0 saturated carbocycles. The monoisotopic (exact) mass is 430 g/mol. The molecule has 10 heteroatoms. The molecule has 6 nitrogen and oxygen atoms in total. The van der Waals surface area contributed by atoms with E-state index in [0.29, 0.717) is 6.42 Å². The summed E-state index contributed by atoms with van der Waals surface area (Å²) in [7, 11) is -3.67. The lowest BCUT2D eigenvalue weighted by atomic mass is 10.2. The van der Waals surface area contributed by atoms with Crippen LogP contribution in [0.5, 0.6) is 0 Å². The molecule has 1 aliphatic heterocycles. The van der Waals surface area contributed by atoms with Crippen molar-refractivity contribution in [2.24, 2.45) is 0 Å². The van der Waals surface area contributed by atoms with Crippen LogP contribution in [0.15, 0.2) is 52.0 Å². The number of hydrogen-bond acceptors (Lipinski definition) is 5. The van der Waals surface area contributed by atoms with Crippen molar-refractivity contribution in [2.45, 2.75) is 23.2 Å². The molecular formula is C19H21F3N2O4S. The predicted molar refractivity (Wildman–Crippen MR) is 99.1 cm³/mol. The Morgan fingerprint density at radius 2 is 1.76 bits per heavy atom. The molecule has 1 amide bonds. The van der Waals surface area contributed by atoms with Crippen molar-refractivity contribution < 1.29 is 30.8 Å². The molecule has 0 aliphatic carbocycles. The fourth-order valence-corrected chi connectivity index (χ4v) is 4.66. The second-order valence-electron chi connectivity index (χ2n) is 6.88. The van der Waals surface area contributed by atoms with Crippen LogP contribution in [0.2, 0.25) is 0 Å². The Kier molecular flexibility index (Phi) is 6.33. The van der Waals surface area contributed by atoms with Gasteiger partial charge in [-0.3, -0.25) is 9.69 Å². The third-order valence-electron chi connectivity index (χ3n) is 4.67. The van der Waals surface area contributed by atoms with Gasteiger partial charge in [0.05, 0.1) is 23.5 Å². The number of amides is 1. The van der Waals surface area contributed by atoms with E-state index in [9.17, 15) is 26.4 Å². The molecule has 1 aromatic heterocycles. The number of benzene rings is 1. The third kappa shape index (κ3) is 5.60. The van der Waals surface area contributed by atoms with Gasteiger partial charge < -0.3 is 9.32 Å². The summed E-state index contributed by atoms with van der Waals surface area (Å²) in [5.41, 5.74) is 0.232. The summed E-state index contributed by atoms with van der Waals surface area (Å²) in [6, 6.07) is 9.30. The van der Waals surface area contributed by atoms with Gasteiger partial charge in [-0.1, -0.05) is 18.2 Å². The molecule has 158 valence electrons. The van der Waals surface area contributed by atoms with Crippen LogP contribution in [-0.2, 0) is 15.6 Å². The van der Waals surface area contributed by atoms with Crippen molar-refractivity contribution in [3.05, 3.63) is 54.0 Å². The maximum absolute atomic E-state index is 12.8. The smallest absolute Gasteiger partial charge is 0.401 e. The van der Waals surface area contributed by atoms with Crippen molar-refractivity contribution in [3.8, 4) is 0 Å². The van der Waals surface area contributed by atoms with Crippen LogP contribution in [-0.4, -0.2) is 63.0 Å². The van der Waals surface area contributed by atoms with Crippen LogP contribution < -0.4 is 0 Å². The zero-order chi connectivity index (χ0) is 21.1. The number of sulfone groups is 1. The summed E-state index contributed by atoms with van der Waals surface area (Å²) < 4.78 is 68.3. The molecule has 0 N–H and O–H groups in total. The Morgan fingerprint density at radius 3 is 2.45 bits per heavy atom. The van der Waals surface area contributed by atoms with E-state index in [1.807, 2.05) is 0 Å². The van der Waals surface area contributed by atoms with Gasteiger partial charge in [0.25, 0.3) is 5.91 Å². The molecule has 2 heterocycles. The average molecular weight is 430 g/mol. The van der Waals surface area contributed by atoms with E-state index in [0.717, 1.165) is 0 Å². The van der Waals surface area contributed by atoms with E-state index < -0.39 is 34.2 Å². The van der Waals surface area contributed by atoms with Gasteiger partial charge >= 0.3 is 6.18 Å². The van der Waals surface area contributed by atoms with Gasteiger partial charge in [0.15, 0.2) is 15.6 Å². The second kappa shape index (κ2) is 8.58. The molecule has 2 aromatic rings. The maximum Gasteiger partial charge on any atom is 0.401 e. The van der Waals surface area contributed by atoms with Gasteiger partial charge in [0.2, 0.25) is 0 Å². The van der Waals surface area contributed by atoms with E-state index in [1.54, 1.807) is 18.2 Å². The number of carbonyl (C=O) groups excluding carboxylic acids is 1. The molecule has 1 fully saturated rings. The lowest BCUT2D eigenvalue weighted by Crippen LogP contribution is -2.38. The van der Waals surface area contributed by atoms with E-state index in [2.05, 4.69) is 0 Å². The lowest BCUT2D eigenvalue weighted by Gasteiger charge is -2.22. The Hall–Kier alpha value is -2.33. The zero-order valence-corrected chi connectivity index (χ0v) is 16.4. The molecule has 29 heavy (non-hydrogen) atoms. The SMILES string of the molecule is O=C(c1occc1CS(=O)(=O)c1ccccc1)N1CCCN(CC(F)(F)F)CC1. The Morgan fingerprint density at radius 1 is 1.03 bits per heavy atom. The third-order valence-corrected chi connectivity index (χ3v) is 6.35. The van der Waals surface area contributed by atoms with Gasteiger partial charge in [-0.05, 0) is 24.6 Å². The molecule has 0 unspecified atom stereocenters. The van der Waals surface area contributed by atoms with Crippen molar-refractivity contribution in [1.82, 2.24) is 9.80 Å². The highest BCUT2D eigenvalue weighted by molar-refractivity contribution is 7.90. The summed E-state index contributed by atoms with van der Waals surface area (Å²) >= 11 is 0. The molecule has 0 spiro atoms. The van der Waals surface area contributed by atoms with Crippen LogP contribution in [0.25, 0.3) is 0 Å². The molecule has 0 atom stereocenters. The first-order valence-corrected chi connectivity index (χ1v) is 10.7. The first-order valence-electron chi connectivity index (χ1n) is 9.08. The van der Waals surface area contributed by atoms with Gasteiger partial charge in [0.1, 0.15) is 0 Å². The molecule has 1 aromatic carbocycles. The Bertz CT molecular complexity index is 942. The summed E-state index contributed by atoms with van der Waals surface area (Å²) in [5.74, 6) is -1.00. The highest BCUT2D eigenvalue weighted by Crippen LogP contribution is 2.22. The Labute approximate surface area is 166 Å². The van der Waals surface area contributed by atoms with Crippen molar-refractivity contribution in [2.75, 3.05) is 32.7 Å². The number of alkyl halides is 3. The van der Waals surface area contributed by atoms with E-state index in [-0.39, 0.29) is 42.4 Å². The van der Waals surface area contributed by atoms with Gasteiger partial charge in [-0.2, -0.15) is 13.2 Å². The minimum Gasteiger partial charge on any atom is -0.459 e. The largest absolute Gasteiger partial charge is 0.459 e. The fraction of sp³-hybridized carbons (Fsp3) is 0.421. The average Bonchev–Trinajstić information content (AvgIpc) is 2.98. The highest BCUT2D eigenvalue weighted by Gasteiger charge is 2.33. The van der Waals surface area contributed by atoms with Gasteiger partial charge in [-0.15, -0.1) is 0 Å². The number of rotatable bonds is 5. The topological polar surface area (TPSA) is 70.8 Å². The van der Waals surface area contributed by atoms with Gasteiger partial charge in [-0.25, -0.2) is 8.42 Å². The predicted octanol–water partition coefficient (Wildman–Crippen LogP) is 2.96. The van der Waals surface area contributed by atoms with Crippen LogP contribution in [0, 0.1) is 0 Å². The minimum atomic E-state index is -4.29. The van der Waals surface area contributed by atoms with E-state index >= 15 is 0 Å². The number of nitrogens with zero attached hydrogens (tertiary/aromatic N) is 2. The maximum atomic E-state index is 12.8. The standard InChI is InChI=1S/C19H21F3N2O4S/c20-19(21,22)14-23-8-4-9-24(11-10-23)18(25)17-15(7-12-28-17)13-29(26,27)16-5-2-1-3-6-16/h1-3,5-7,12H,4,8-11,13-14H2. The zero-order valence-electron chi connectivity index (χ0n) is 15.6. The molecule has 0 radical (unpaired) electrons. The number of carbonyl (C=O) groups is 1. The molecule has 0 bridgehead atoms. The second-order valence-corrected chi connectivity index (χ2v) is 8.87. The first-order chi connectivity index (χ1) is 13.7. The van der Waals surface area contributed by atoms with Crippen molar-refractivity contribution >= 4 is 15.7 Å². The summed E-state index contributed by atoms with van der Waals surface area (Å²) in [4.78, 5) is 15.7. The van der Waals surface area contributed by atoms with E-state index in [4.69, 9.17) is 4.42 Å². The van der Waals surface area contributed by atoms with Gasteiger partial charge in [0, 0.05) is 31.7 Å². The quantitative estimate of drug-likeness (QED) is 0.730. The Balaban J connectivity index is 1.71. The molecule has 3 rings (SSSR count). The molecule has 1 saturated heterocycles. The van der Waals surface area contributed by atoms with Crippen molar-refractivity contribution in [3.63, 3.8) is 0 Å². The van der Waals surface area contributed by atoms with Crippen LogP contribution in [0.3, 0.4) is 0 Å². The van der Waals surface area contributed by atoms with Crippen molar-refractivity contribution in [1.29, 1.82) is 0 Å². The fourth-order valence-electron chi connectivity index (χ4n) is 3.28. The van der Waals surface area contributed by atoms with E-state index in [1.165, 1.54) is 34.3 Å². The summed E-state index contributed by atoms with van der Waals surface area (Å²) in [5, 5.41) is 0. The molecule has 1 aliphatic rings. The summed E-state index contributed by atoms with van der Waals surface area (Å²) in [6.45, 7) is -0.310. The first kappa shape index (κ1) is 21.4. The van der Waals surface area contributed by atoms with Crippen LogP contribution in [0.4, 0.5) is 13.2 Å². The van der Waals surface area contributed by atoms with Crippen LogP contribution >= 0.6 is 0 Å². The van der Waals surface area contributed by atoms with Crippen LogP contribution in [0.1, 0.15) is 22.5 Å². The normalized spacial score (nSPS) is 16.6. The lowest BCUT2D eigenvalue weighted by molar-refractivity contribution is -0.145.